The van der Waals surface area contributed by atoms with E-state index in [2.05, 4.69) is 33.8 Å². The molecule has 0 N–H and O–H groups in total. The normalized spacial score (nSPS) is 18.5. The van der Waals surface area contributed by atoms with Crippen LogP contribution >= 0.6 is 22.9 Å². The third-order valence-electron chi connectivity index (χ3n) is 10.2. The molecule has 4 heterocycles. The quantitative estimate of drug-likeness (QED) is 0.141. The lowest BCUT2D eigenvalue weighted by Crippen LogP contribution is -2.51. The largest absolute Gasteiger partial charge is 0.464 e. The molecule has 0 radical (unpaired) electrons. The second-order valence-electron chi connectivity index (χ2n) is 15.0. The van der Waals surface area contributed by atoms with Gasteiger partial charge in [0, 0.05) is 33.0 Å². The second kappa shape index (κ2) is 13.3. The van der Waals surface area contributed by atoms with E-state index in [9.17, 15) is 4.79 Å². The minimum atomic E-state index is -0.911. The topological polar surface area (TPSA) is 78.7 Å². The van der Waals surface area contributed by atoms with Crippen LogP contribution in [0.3, 0.4) is 0 Å². The number of carbonyl (C=O) groups excluding carboxylic acids is 1. The maximum atomic E-state index is 13.6. The molecule has 8 rings (SSSR count). The van der Waals surface area contributed by atoms with Crippen LogP contribution in [-0.2, 0) is 19.0 Å². The Bertz CT molecular complexity index is 2050. The average Bonchev–Trinajstić information content (AvgIpc) is 3.71. The first-order valence-electron chi connectivity index (χ1n) is 18.0. The molecule has 1 atom stereocenters. The standard InChI is InChI=1S/C40H45ClN4O4S/c1-6-48-39(46)36(49-40(3,4)5)33-23(2)19-31-37(34(33)24-7-10-27(41)11-8-24)50-38(42-31)26-9-14-32-30(20-26)35(43-45(32)28-12-13-28)25-15-17-44(18-16-25)29-21-47-22-29/h7-11,14,19-20,25,28-29,36H,6,12-13,15-18,21-22H2,1-5H3/t36-/m0/s1. The summed E-state index contributed by atoms with van der Waals surface area (Å²) in [6.45, 7) is 13.9. The molecule has 2 saturated heterocycles. The smallest absolute Gasteiger partial charge is 0.339 e. The van der Waals surface area contributed by atoms with Crippen molar-refractivity contribution in [3.05, 3.63) is 70.4 Å². The van der Waals surface area contributed by atoms with Gasteiger partial charge in [-0.15, -0.1) is 11.3 Å². The summed E-state index contributed by atoms with van der Waals surface area (Å²) in [6, 6.07) is 17.7. The number of benzene rings is 3. The molecule has 3 aliphatic rings. The number of fused-ring (bicyclic) bond motifs is 2. The Morgan fingerprint density at radius 3 is 2.38 bits per heavy atom. The summed E-state index contributed by atoms with van der Waals surface area (Å²) in [5.41, 5.74) is 7.42. The summed E-state index contributed by atoms with van der Waals surface area (Å²) in [5.74, 6) is 0.0343. The summed E-state index contributed by atoms with van der Waals surface area (Å²) >= 11 is 8.01. The Hall–Kier alpha value is -3.34. The Morgan fingerprint density at radius 2 is 1.74 bits per heavy atom. The molecule has 0 bridgehead atoms. The van der Waals surface area contributed by atoms with Crippen LogP contribution < -0.4 is 0 Å². The molecule has 10 heteroatoms. The van der Waals surface area contributed by atoms with Gasteiger partial charge in [-0.3, -0.25) is 9.58 Å². The Balaban J connectivity index is 1.24. The van der Waals surface area contributed by atoms with Crippen molar-refractivity contribution in [3.8, 4) is 21.7 Å². The van der Waals surface area contributed by atoms with Crippen molar-refractivity contribution < 1.29 is 19.0 Å². The van der Waals surface area contributed by atoms with Crippen LogP contribution in [0.1, 0.15) is 88.3 Å². The fourth-order valence-corrected chi connectivity index (χ4v) is 8.79. The lowest BCUT2D eigenvalue weighted by Gasteiger charge is -2.41. The first-order chi connectivity index (χ1) is 24.1. The molecule has 0 spiro atoms. The van der Waals surface area contributed by atoms with Crippen LogP contribution in [0.4, 0.5) is 0 Å². The van der Waals surface area contributed by atoms with Gasteiger partial charge in [-0.1, -0.05) is 23.7 Å². The van der Waals surface area contributed by atoms with Crippen LogP contribution in [0.15, 0.2) is 48.5 Å². The predicted octanol–water partition coefficient (Wildman–Crippen LogP) is 9.27. The molecule has 1 saturated carbocycles. The lowest BCUT2D eigenvalue weighted by molar-refractivity contribution is -0.166. The number of piperidine rings is 1. The molecule has 3 aromatic carbocycles. The van der Waals surface area contributed by atoms with Crippen molar-refractivity contribution in [3.63, 3.8) is 0 Å². The van der Waals surface area contributed by atoms with Gasteiger partial charge in [0.05, 0.1) is 58.9 Å². The number of thiazole rings is 1. The van der Waals surface area contributed by atoms with Crippen molar-refractivity contribution >= 4 is 50.0 Å². The van der Waals surface area contributed by atoms with E-state index in [1.54, 1.807) is 11.3 Å². The molecule has 2 aromatic heterocycles. The zero-order valence-corrected chi connectivity index (χ0v) is 31.1. The highest BCUT2D eigenvalue weighted by molar-refractivity contribution is 7.22. The van der Waals surface area contributed by atoms with Gasteiger partial charge in [-0.25, -0.2) is 9.78 Å². The number of halogens is 1. The number of hydrogen-bond acceptors (Lipinski definition) is 8. The minimum Gasteiger partial charge on any atom is -0.464 e. The minimum absolute atomic E-state index is 0.265. The van der Waals surface area contributed by atoms with Crippen LogP contribution in [-0.4, -0.2) is 70.2 Å². The van der Waals surface area contributed by atoms with E-state index in [0.717, 1.165) is 82.2 Å². The van der Waals surface area contributed by atoms with Gasteiger partial charge in [0.2, 0.25) is 0 Å². The van der Waals surface area contributed by atoms with Crippen LogP contribution in [0, 0.1) is 6.92 Å². The lowest BCUT2D eigenvalue weighted by atomic mass is 9.90. The van der Waals surface area contributed by atoms with Gasteiger partial charge in [-0.2, -0.15) is 5.10 Å². The van der Waals surface area contributed by atoms with Crippen molar-refractivity contribution in [2.45, 2.75) is 90.0 Å². The summed E-state index contributed by atoms with van der Waals surface area (Å²) in [5, 5.41) is 8.14. The van der Waals surface area contributed by atoms with Crippen molar-refractivity contribution in [2.75, 3.05) is 32.9 Å². The fourth-order valence-electron chi connectivity index (χ4n) is 7.54. The number of nitrogens with zero attached hydrogens (tertiary/aromatic N) is 4. The Kier molecular flexibility index (Phi) is 9.01. The van der Waals surface area contributed by atoms with E-state index in [1.165, 1.54) is 29.4 Å². The third kappa shape index (κ3) is 6.48. The first-order valence-corrected chi connectivity index (χ1v) is 19.2. The van der Waals surface area contributed by atoms with Gasteiger partial charge in [0.15, 0.2) is 6.10 Å². The van der Waals surface area contributed by atoms with Gasteiger partial charge in [-0.05, 0) is 121 Å². The van der Waals surface area contributed by atoms with Crippen LogP contribution in [0.2, 0.25) is 5.02 Å². The van der Waals surface area contributed by atoms with Crippen molar-refractivity contribution in [2.24, 2.45) is 0 Å². The summed E-state index contributed by atoms with van der Waals surface area (Å²) in [4.78, 5) is 21.4. The molecule has 50 heavy (non-hydrogen) atoms. The number of carbonyl (C=O) groups is 1. The zero-order valence-electron chi connectivity index (χ0n) is 29.5. The van der Waals surface area contributed by atoms with Gasteiger partial charge in [0.25, 0.3) is 0 Å². The van der Waals surface area contributed by atoms with E-state index in [0.29, 0.717) is 23.0 Å². The number of hydrogen-bond donors (Lipinski definition) is 0. The van der Waals surface area contributed by atoms with Crippen molar-refractivity contribution in [1.82, 2.24) is 19.7 Å². The third-order valence-corrected chi connectivity index (χ3v) is 11.6. The maximum absolute atomic E-state index is 13.6. The SMILES string of the molecule is CCOC(=O)[C@@H](OC(C)(C)C)c1c(C)cc2nc(-c3ccc4c(c3)c(C3CCN(C5COC5)CC3)nn4C3CC3)sc2c1-c1ccc(Cl)cc1. The molecule has 5 aromatic rings. The number of likely N-dealkylation sites (tertiary alicyclic amines) is 1. The summed E-state index contributed by atoms with van der Waals surface area (Å²) in [6.07, 6.45) is 3.70. The number of rotatable bonds is 9. The highest BCUT2D eigenvalue weighted by atomic mass is 35.5. The van der Waals surface area contributed by atoms with Crippen molar-refractivity contribution in [1.29, 1.82) is 0 Å². The fraction of sp³-hybridized carbons (Fsp3) is 0.475. The monoisotopic (exact) mass is 712 g/mol. The molecule has 2 aliphatic heterocycles. The number of aryl methyl sites for hydroxylation is 1. The molecule has 0 amide bonds. The van der Waals surface area contributed by atoms with E-state index >= 15 is 0 Å². The van der Waals surface area contributed by atoms with Crippen LogP contribution in [0.25, 0.3) is 42.8 Å². The van der Waals surface area contributed by atoms with Gasteiger partial charge >= 0.3 is 5.97 Å². The highest BCUT2D eigenvalue weighted by Gasteiger charge is 2.35. The molecule has 3 fully saturated rings. The molecular weight excluding hydrogens is 668 g/mol. The zero-order chi connectivity index (χ0) is 34.7. The Labute approximate surface area is 302 Å². The molecule has 1 aliphatic carbocycles. The molecular formula is C40H45ClN4O4S. The summed E-state index contributed by atoms with van der Waals surface area (Å²) < 4.78 is 20.8. The van der Waals surface area contributed by atoms with E-state index < -0.39 is 17.7 Å². The molecule has 8 nitrogen and oxygen atoms in total. The number of ether oxygens (including phenoxy) is 3. The summed E-state index contributed by atoms with van der Waals surface area (Å²) in [7, 11) is 0. The number of esters is 1. The first kappa shape index (κ1) is 33.8. The second-order valence-corrected chi connectivity index (χ2v) is 16.4. The van der Waals surface area contributed by atoms with E-state index in [1.807, 2.05) is 58.9 Å². The van der Waals surface area contributed by atoms with Gasteiger partial charge < -0.3 is 14.2 Å². The Morgan fingerprint density at radius 1 is 1.02 bits per heavy atom. The molecule has 262 valence electrons. The van der Waals surface area contributed by atoms with Gasteiger partial charge in [0.1, 0.15) is 5.01 Å². The van der Waals surface area contributed by atoms with Crippen LogP contribution in [0.5, 0.6) is 0 Å². The highest BCUT2D eigenvalue weighted by Crippen LogP contribution is 2.46. The average molecular weight is 713 g/mol. The van der Waals surface area contributed by atoms with E-state index in [4.69, 9.17) is 35.9 Å². The van der Waals surface area contributed by atoms with E-state index in [-0.39, 0.29) is 6.61 Å². The number of aromatic nitrogens is 3. The predicted molar refractivity (Wildman–Crippen MR) is 200 cm³/mol. The maximum Gasteiger partial charge on any atom is 0.339 e. The molecule has 0 unspecified atom stereocenters.